The molecule has 2 aromatic carbocycles. The second-order valence-corrected chi connectivity index (χ2v) is 10.1. The first-order chi connectivity index (χ1) is 15.3. The Morgan fingerprint density at radius 1 is 1.00 bits per heavy atom. The molecule has 0 spiro atoms. The molecular formula is C27H34N2O3. The van der Waals surface area contributed by atoms with Gasteiger partial charge in [0.05, 0.1) is 0 Å². The summed E-state index contributed by atoms with van der Waals surface area (Å²) in [4.78, 5) is 28.9. The van der Waals surface area contributed by atoms with Crippen LogP contribution in [0.1, 0.15) is 57.6 Å². The Hall–Kier alpha value is -2.66. The van der Waals surface area contributed by atoms with E-state index >= 15 is 0 Å². The van der Waals surface area contributed by atoms with Gasteiger partial charge in [-0.2, -0.15) is 0 Å². The van der Waals surface area contributed by atoms with Gasteiger partial charge in [0.25, 0.3) is 0 Å². The van der Waals surface area contributed by atoms with Crippen molar-refractivity contribution in [3.63, 3.8) is 0 Å². The standard InChI is InChI=1S/C27H34N2O3/c1-26(2,3)32-24(30)23-15-14-22-16-17-27(25(31)29(22)23,18-20-10-6-4-7-11-20)28-19-21-12-8-5-9-13-21/h4-13,22-23,28H,14-19H2,1-3H3/t22-,23+,27-/m1/s1. The second kappa shape index (κ2) is 9.07. The Kier molecular flexibility index (Phi) is 6.38. The highest BCUT2D eigenvalue weighted by Gasteiger charge is 2.53. The topological polar surface area (TPSA) is 58.6 Å². The van der Waals surface area contributed by atoms with E-state index in [2.05, 4.69) is 29.6 Å². The number of nitrogens with zero attached hydrogens (tertiary/aromatic N) is 1. The molecule has 0 aliphatic carbocycles. The lowest BCUT2D eigenvalue weighted by molar-refractivity contribution is -0.167. The molecular weight excluding hydrogens is 400 g/mol. The fraction of sp³-hybridized carbons (Fsp3) is 0.481. The van der Waals surface area contributed by atoms with Crippen LogP contribution in [-0.4, -0.2) is 40.0 Å². The third-order valence-corrected chi connectivity index (χ3v) is 6.55. The molecule has 0 unspecified atom stereocenters. The molecule has 2 fully saturated rings. The predicted octanol–water partition coefficient (Wildman–Crippen LogP) is 4.25. The lowest BCUT2D eigenvalue weighted by Crippen LogP contribution is -2.65. The van der Waals surface area contributed by atoms with Crippen LogP contribution >= 0.6 is 0 Å². The summed E-state index contributed by atoms with van der Waals surface area (Å²) in [6.07, 6.45) is 3.78. The molecule has 2 heterocycles. The highest BCUT2D eigenvalue weighted by molar-refractivity contribution is 5.92. The van der Waals surface area contributed by atoms with E-state index in [-0.39, 0.29) is 17.9 Å². The number of hydrogen-bond acceptors (Lipinski definition) is 4. The van der Waals surface area contributed by atoms with Crippen molar-refractivity contribution >= 4 is 11.9 Å². The van der Waals surface area contributed by atoms with Crippen LogP contribution in [0.5, 0.6) is 0 Å². The number of carbonyl (C=O) groups is 2. The van der Waals surface area contributed by atoms with E-state index in [1.807, 2.05) is 62.1 Å². The largest absolute Gasteiger partial charge is 0.458 e. The van der Waals surface area contributed by atoms with E-state index < -0.39 is 17.2 Å². The molecule has 0 aromatic heterocycles. The number of benzene rings is 2. The Bertz CT molecular complexity index is 938. The molecule has 3 atom stereocenters. The van der Waals surface area contributed by atoms with Crippen LogP contribution < -0.4 is 5.32 Å². The average molecular weight is 435 g/mol. The molecule has 5 heteroatoms. The van der Waals surface area contributed by atoms with Crippen LogP contribution in [0.4, 0.5) is 0 Å². The fourth-order valence-corrected chi connectivity index (χ4v) is 5.04. The van der Waals surface area contributed by atoms with Gasteiger partial charge in [-0.25, -0.2) is 4.79 Å². The Morgan fingerprint density at radius 3 is 2.25 bits per heavy atom. The minimum atomic E-state index is -0.738. The molecule has 0 radical (unpaired) electrons. The molecule has 1 N–H and O–H groups in total. The van der Waals surface area contributed by atoms with Crippen LogP contribution in [0.15, 0.2) is 60.7 Å². The molecule has 2 aliphatic rings. The molecule has 5 nitrogen and oxygen atoms in total. The van der Waals surface area contributed by atoms with E-state index in [1.54, 1.807) is 0 Å². The fourth-order valence-electron chi connectivity index (χ4n) is 5.04. The predicted molar refractivity (Wildman–Crippen MR) is 125 cm³/mol. The van der Waals surface area contributed by atoms with Gasteiger partial charge in [-0.15, -0.1) is 0 Å². The summed E-state index contributed by atoms with van der Waals surface area (Å²) in [6.45, 7) is 6.22. The van der Waals surface area contributed by atoms with Gasteiger partial charge in [-0.1, -0.05) is 60.7 Å². The second-order valence-electron chi connectivity index (χ2n) is 10.1. The molecule has 4 rings (SSSR count). The van der Waals surface area contributed by atoms with E-state index in [0.717, 1.165) is 30.4 Å². The van der Waals surface area contributed by atoms with E-state index in [0.29, 0.717) is 19.4 Å². The highest BCUT2D eigenvalue weighted by Crippen LogP contribution is 2.39. The number of rotatable bonds is 6. The number of esters is 1. The molecule has 2 aliphatic heterocycles. The summed E-state index contributed by atoms with van der Waals surface area (Å²) in [7, 11) is 0. The smallest absolute Gasteiger partial charge is 0.329 e. The minimum absolute atomic E-state index is 0.0295. The van der Waals surface area contributed by atoms with Gasteiger partial charge in [-0.05, 0) is 64.0 Å². The quantitative estimate of drug-likeness (QED) is 0.691. The molecule has 1 amide bonds. The summed E-state index contributed by atoms with van der Waals surface area (Å²) in [6, 6.07) is 19.9. The number of fused-ring (bicyclic) bond motifs is 1. The number of ether oxygens (including phenoxy) is 1. The van der Waals surface area contributed by atoms with Gasteiger partial charge in [0, 0.05) is 12.6 Å². The molecule has 32 heavy (non-hydrogen) atoms. The summed E-state index contributed by atoms with van der Waals surface area (Å²) in [5, 5.41) is 3.63. The maximum absolute atomic E-state index is 14.1. The van der Waals surface area contributed by atoms with Crippen molar-refractivity contribution in [3.8, 4) is 0 Å². The molecule has 170 valence electrons. The zero-order valence-corrected chi connectivity index (χ0v) is 19.3. The SMILES string of the molecule is CC(C)(C)OC(=O)[C@@H]1CC[C@@H]2CC[C@](Cc3ccccc3)(NCc3ccccc3)C(=O)N21. The summed E-state index contributed by atoms with van der Waals surface area (Å²) in [5.74, 6) is -0.256. The maximum atomic E-state index is 14.1. The Balaban J connectivity index is 1.61. The van der Waals surface area contributed by atoms with Gasteiger partial charge < -0.3 is 9.64 Å². The first-order valence-corrected chi connectivity index (χ1v) is 11.7. The molecule has 2 saturated heterocycles. The third-order valence-electron chi connectivity index (χ3n) is 6.55. The van der Waals surface area contributed by atoms with Crippen molar-refractivity contribution in [2.24, 2.45) is 0 Å². The normalized spacial score (nSPS) is 25.5. The van der Waals surface area contributed by atoms with Crippen LogP contribution in [0.2, 0.25) is 0 Å². The van der Waals surface area contributed by atoms with Crippen LogP contribution in [-0.2, 0) is 27.3 Å². The number of hydrogen-bond donors (Lipinski definition) is 1. The minimum Gasteiger partial charge on any atom is -0.458 e. The summed E-state index contributed by atoms with van der Waals surface area (Å²) in [5.41, 5.74) is 0.951. The zero-order valence-electron chi connectivity index (χ0n) is 19.3. The molecule has 0 saturated carbocycles. The van der Waals surface area contributed by atoms with Crippen molar-refractivity contribution in [1.29, 1.82) is 0 Å². The van der Waals surface area contributed by atoms with Crippen molar-refractivity contribution in [2.75, 3.05) is 0 Å². The first kappa shape index (κ1) is 22.5. The number of nitrogens with one attached hydrogen (secondary N) is 1. The van der Waals surface area contributed by atoms with Crippen LogP contribution in [0, 0.1) is 0 Å². The molecule has 2 aromatic rings. The number of amides is 1. The van der Waals surface area contributed by atoms with Gasteiger partial charge >= 0.3 is 5.97 Å². The lowest BCUT2D eigenvalue weighted by Gasteiger charge is -2.46. The van der Waals surface area contributed by atoms with Crippen molar-refractivity contribution in [1.82, 2.24) is 10.2 Å². The zero-order chi connectivity index (χ0) is 22.8. The van der Waals surface area contributed by atoms with Gasteiger partial charge in [0.2, 0.25) is 5.91 Å². The lowest BCUT2D eigenvalue weighted by atomic mass is 9.79. The number of piperidine rings is 1. The van der Waals surface area contributed by atoms with Gasteiger partial charge in [0.1, 0.15) is 17.2 Å². The van der Waals surface area contributed by atoms with Crippen molar-refractivity contribution in [3.05, 3.63) is 71.8 Å². The van der Waals surface area contributed by atoms with Crippen molar-refractivity contribution in [2.45, 2.75) is 82.6 Å². The van der Waals surface area contributed by atoms with E-state index in [9.17, 15) is 9.59 Å². The van der Waals surface area contributed by atoms with E-state index in [1.165, 1.54) is 0 Å². The first-order valence-electron chi connectivity index (χ1n) is 11.7. The molecule has 0 bridgehead atoms. The maximum Gasteiger partial charge on any atom is 0.329 e. The van der Waals surface area contributed by atoms with Crippen molar-refractivity contribution < 1.29 is 14.3 Å². The monoisotopic (exact) mass is 434 g/mol. The average Bonchev–Trinajstić information content (AvgIpc) is 3.20. The van der Waals surface area contributed by atoms with E-state index in [4.69, 9.17) is 4.74 Å². The summed E-state index contributed by atoms with van der Waals surface area (Å²) < 4.78 is 5.68. The van der Waals surface area contributed by atoms with Crippen LogP contribution in [0.3, 0.4) is 0 Å². The van der Waals surface area contributed by atoms with Gasteiger partial charge in [-0.3, -0.25) is 10.1 Å². The summed E-state index contributed by atoms with van der Waals surface area (Å²) >= 11 is 0. The Morgan fingerprint density at radius 2 is 1.62 bits per heavy atom. The third kappa shape index (κ3) is 4.88. The van der Waals surface area contributed by atoms with Crippen LogP contribution in [0.25, 0.3) is 0 Å². The van der Waals surface area contributed by atoms with Gasteiger partial charge in [0.15, 0.2) is 0 Å². The highest BCUT2D eigenvalue weighted by atomic mass is 16.6. The number of carbonyl (C=O) groups excluding carboxylic acids is 2. The Labute approximate surface area is 191 Å².